The van der Waals surface area contributed by atoms with E-state index < -0.39 is 13.1 Å². The summed E-state index contributed by atoms with van der Waals surface area (Å²) in [5.74, 6) is 0. The van der Waals surface area contributed by atoms with Crippen LogP contribution >= 0.6 is 7.60 Å². The molecule has 0 amide bonds. The minimum absolute atomic E-state index is 0. The van der Waals surface area contributed by atoms with Crippen molar-refractivity contribution >= 4 is 13.1 Å². The summed E-state index contributed by atoms with van der Waals surface area (Å²) in [6.07, 6.45) is 0. The van der Waals surface area contributed by atoms with Gasteiger partial charge in [0.1, 0.15) is 0 Å². The number of hydrogen-bond acceptors (Lipinski definition) is 4. The molecule has 0 spiro atoms. The van der Waals surface area contributed by atoms with Crippen LogP contribution in [0.2, 0.25) is 0 Å². The Balaban J connectivity index is 0. The fraction of sp³-hybridized carbons (Fsp3) is 0.750. The molecule has 0 heterocycles. The fourth-order valence-corrected chi connectivity index (χ4v) is 0.783. The maximum absolute atomic E-state index is 10.4. The minimum Gasteiger partial charge on any atom is -0.773 e. The van der Waals surface area contributed by atoms with Crippen LogP contribution in [-0.2, 0) is 13.9 Å². The van der Waals surface area contributed by atoms with Crippen molar-refractivity contribution in [3.8, 4) is 0 Å². The van der Waals surface area contributed by atoms with E-state index in [-0.39, 0.29) is 36.2 Å². The molecule has 0 fully saturated rings. The molecule has 0 aliphatic rings. The Morgan fingerprint density at radius 2 is 2.10 bits per heavy atom. The monoisotopic (exact) mass is 174 g/mol. The summed E-state index contributed by atoms with van der Waals surface area (Å²) in [7, 11) is -4.15. The molecule has 0 aliphatic heterocycles. The third kappa shape index (κ3) is 4.61. The maximum atomic E-state index is 10.4. The average molecular weight is 174 g/mol. The van der Waals surface area contributed by atoms with Gasteiger partial charge in [-0.15, -0.1) is 0 Å². The van der Waals surface area contributed by atoms with Gasteiger partial charge in [0, 0.05) is 6.92 Å². The van der Waals surface area contributed by atoms with Gasteiger partial charge in [-0.2, -0.15) is 0 Å². The maximum Gasteiger partial charge on any atom is 1.00 e. The molecule has 1 atom stereocenters. The van der Waals surface area contributed by atoms with Crippen LogP contribution in [0.5, 0.6) is 0 Å². The van der Waals surface area contributed by atoms with E-state index in [1.807, 2.05) is 0 Å². The second kappa shape index (κ2) is 5.47. The molecule has 0 aromatic carbocycles. The van der Waals surface area contributed by atoms with E-state index in [2.05, 4.69) is 4.52 Å². The average Bonchev–Trinajstić information content (AvgIpc) is 1.65. The normalized spacial score (nSPS) is 15.1. The Labute approximate surface area is 81.8 Å². The van der Waals surface area contributed by atoms with Crippen LogP contribution in [0.4, 0.5) is 0 Å². The van der Waals surface area contributed by atoms with Crippen molar-refractivity contribution in [2.45, 2.75) is 13.8 Å². The van der Waals surface area contributed by atoms with Gasteiger partial charge in [0.05, 0.1) is 6.61 Å². The third-order valence-electron chi connectivity index (χ3n) is 0.685. The van der Waals surface area contributed by atoms with Crippen LogP contribution in [0.1, 0.15) is 13.8 Å². The Morgan fingerprint density at radius 1 is 1.70 bits per heavy atom. The molecule has 0 aromatic heterocycles. The smallest absolute Gasteiger partial charge is 0.773 e. The van der Waals surface area contributed by atoms with Crippen LogP contribution < -0.4 is 34.5 Å². The summed E-state index contributed by atoms with van der Waals surface area (Å²) in [5.41, 5.74) is -0.927. The van der Waals surface area contributed by atoms with E-state index in [1.54, 1.807) is 0 Å². The molecule has 0 aliphatic carbocycles. The van der Waals surface area contributed by atoms with Crippen LogP contribution in [0.15, 0.2) is 0 Å². The molecule has 0 rings (SSSR count). The summed E-state index contributed by atoms with van der Waals surface area (Å²) in [6, 6.07) is 0. The Bertz CT molecular complexity index is 157. The van der Waals surface area contributed by atoms with Crippen LogP contribution in [-0.4, -0.2) is 12.1 Å². The molecule has 0 aromatic rings. The fourth-order valence-electron chi connectivity index (χ4n) is 0.261. The van der Waals surface area contributed by atoms with Crippen molar-refractivity contribution in [2.75, 3.05) is 6.61 Å². The van der Waals surface area contributed by atoms with Gasteiger partial charge in [0.25, 0.3) is 0 Å². The van der Waals surface area contributed by atoms with Crippen LogP contribution in [0.25, 0.3) is 0 Å². The van der Waals surface area contributed by atoms with E-state index in [0.717, 1.165) is 6.92 Å². The first-order valence-corrected chi connectivity index (χ1v) is 4.01. The third-order valence-corrected chi connectivity index (χ3v) is 2.05. The van der Waals surface area contributed by atoms with E-state index in [4.69, 9.17) is 0 Å². The van der Waals surface area contributed by atoms with Crippen molar-refractivity contribution in [1.29, 1.82) is 0 Å². The summed E-state index contributed by atoms with van der Waals surface area (Å²) >= 11 is 0. The number of carbonyl (C=O) groups is 1. The van der Waals surface area contributed by atoms with Crippen molar-refractivity contribution in [2.24, 2.45) is 0 Å². The van der Waals surface area contributed by atoms with E-state index in [0.29, 0.717) is 0 Å². The molecule has 54 valence electrons. The Hall–Kier alpha value is 0.820. The van der Waals surface area contributed by atoms with E-state index in [9.17, 15) is 14.3 Å². The van der Waals surface area contributed by atoms with Crippen LogP contribution in [0.3, 0.4) is 0 Å². The number of hydrogen-bond donors (Lipinski definition) is 0. The molecule has 1 unspecified atom stereocenters. The zero-order chi connectivity index (χ0) is 7.49. The molecule has 0 bridgehead atoms. The molecular formula is C4H8NaO4P. The molecule has 6 heteroatoms. The van der Waals surface area contributed by atoms with Crippen molar-refractivity contribution < 1.29 is 48.3 Å². The molecule has 10 heavy (non-hydrogen) atoms. The molecule has 0 radical (unpaired) electrons. The standard InChI is InChI=1S/C4H9O4P.Na/c1-3-8-9(6,7)4(2)5;/h3H2,1-2H3,(H,6,7);/q;+1/p-1. The molecular weight excluding hydrogens is 166 g/mol. The van der Waals surface area contributed by atoms with Gasteiger partial charge >= 0.3 is 29.6 Å². The van der Waals surface area contributed by atoms with Crippen molar-refractivity contribution in [1.82, 2.24) is 0 Å². The first-order valence-electron chi connectivity index (χ1n) is 2.47. The van der Waals surface area contributed by atoms with Gasteiger partial charge in [-0.1, -0.05) is 0 Å². The van der Waals surface area contributed by atoms with Crippen molar-refractivity contribution in [3.05, 3.63) is 0 Å². The topological polar surface area (TPSA) is 66.4 Å². The quantitative estimate of drug-likeness (QED) is 0.340. The summed E-state index contributed by atoms with van der Waals surface area (Å²) in [6.45, 7) is 2.48. The van der Waals surface area contributed by atoms with E-state index in [1.165, 1.54) is 6.92 Å². The van der Waals surface area contributed by atoms with Gasteiger partial charge in [-0.05, 0) is 6.92 Å². The number of rotatable bonds is 3. The Kier molecular flexibility index (Phi) is 7.33. The zero-order valence-corrected chi connectivity index (χ0v) is 9.18. The molecule has 0 saturated heterocycles. The van der Waals surface area contributed by atoms with Gasteiger partial charge in [-0.3, -0.25) is 4.79 Å². The first kappa shape index (κ1) is 13.4. The summed E-state index contributed by atoms with van der Waals surface area (Å²) in [5, 5.41) is 0. The molecule has 0 N–H and O–H groups in total. The summed E-state index contributed by atoms with van der Waals surface area (Å²) in [4.78, 5) is 20.5. The largest absolute Gasteiger partial charge is 1.00 e. The second-order valence-electron chi connectivity index (χ2n) is 1.43. The summed E-state index contributed by atoms with van der Waals surface area (Å²) < 4.78 is 14.5. The predicted molar refractivity (Wildman–Crippen MR) is 29.9 cm³/mol. The minimum atomic E-state index is -4.15. The molecule has 4 nitrogen and oxygen atoms in total. The molecule has 0 saturated carbocycles. The van der Waals surface area contributed by atoms with Gasteiger partial charge < -0.3 is 14.0 Å². The predicted octanol–water partition coefficient (Wildman–Crippen LogP) is -2.87. The Morgan fingerprint density at radius 3 is 2.20 bits per heavy atom. The SMILES string of the molecule is CCOP(=O)([O-])C(C)=O.[Na+]. The number of carbonyl (C=O) groups excluding carboxylic acids is 1. The van der Waals surface area contributed by atoms with Gasteiger partial charge in [-0.25, -0.2) is 0 Å². The van der Waals surface area contributed by atoms with E-state index >= 15 is 0 Å². The first-order chi connectivity index (χ1) is 4.00. The van der Waals surface area contributed by atoms with Gasteiger partial charge in [0.2, 0.25) is 5.52 Å². The second-order valence-corrected chi connectivity index (χ2v) is 3.32. The zero-order valence-electron chi connectivity index (χ0n) is 6.29. The van der Waals surface area contributed by atoms with Crippen molar-refractivity contribution in [3.63, 3.8) is 0 Å². The van der Waals surface area contributed by atoms with Crippen LogP contribution in [0, 0.1) is 0 Å². The van der Waals surface area contributed by atoms with Gasteiger partial charge in [0.15, 0.2) is 7.60 Å².